The molecule has 0 radical (unpaired) electrons. The Morgan fingerprint density at radius 3 is 2.27 bits per heavy atom. The first-order chi connectivity index (χ1) is 19.4. The molecule has 2 aromatic heterocycles. The summed E-state index contributed by atoms with van der Waals surface area (Å²) in [5.74, 6) is 2.71. The van der Waals surface area contributed by atoms with Crippen LogP contribution >= 0.6 is 0 Å². The molecule has 204 valence electrons. The summed E-state index contributed by atoms with van der Waals surface area (Å²) in [6.07, 6.45) is 4.35. The number of nitrogens with two attached hydrogens (primary N) is 1. The van der Waals surface area contributed by atoms with Gasteiger partial charge in [-0.1, -0.05) is 54.6 Å². The van der Waals surface area contributed by atoms with E-state index in [-0.39, 0.29) is 22.7 Å². The zero-order chi connectivity index (χ0) is 28.7. The molecule has 0 fully saturated rings. The lowest BCUT2D eigenvalue weighted by atomic mass is 10.00. The minimum atomic E-state index is -4.24. The van der Waals surface area contributed by atoms with Gasteiger partial charge in [0.25, 0.3) is 10.0 Å². The number of fused-ring (bicyclic) bond motifs is 1. The van der Waals surface area contributed by atoms with Gasteiger partial charge >= 0.3 is 5.97 Å². The van der Waals surface area contributed by atoms with Gasteiger partial charge in [-0.15, -0.1) is 0 Å². The highest BCUT2D eigenvalue weighted by atomic mass is 32.2. The fourth-order valence-corrected chi connectivity index (χ4v) is 5.79. The number of anilines is 1. The first-order valence-corrected chi connectivity index (χ1v) is 13.4. The molecule has 5 rings (SSSR count). The standard InChI is InChI=1S/C29H23N3O5S.H3NO/c1-37-22-12-14-23(15-13-22)38(35,36)32(19-20-7-6-16-30-17-20)28-25-11-5-10-24(21-8-3-2-4-9-21)27(25)31-18-26(28)29(33)34;1-2/h2-18H,19H2,1H3,(H,33,34);2H,1H2. The summed E-state index contributed by atoms with van der Waals surface area (Å²) in [5.41, 5.74) is 2.49. The Bertz CT molecular complexity index is 1720. The van der Waals surface area contributed by atoms with E-state index in [1.165, 1.54) is 25.4 Å². The number of pyridine rings is 2. The smallest absolute Gasteiger partial charge is 0.339 e. The van der Waals surface area contributed by atoms with Gasteiger partial charge in [0.1, 0.15) is 11.3 Å². The third-order valence-electron chi connectivity index (χ3n) is 6.13. The molecular weight excluding hydrogens is 532 g/mol. The van der Waals surface area contributed by atoms with Crippen molar-refractivity contribution < 1.29 is 28.3 Å². The van der Waals surface area contributed by atoms with Crippen molar-refractivity contribution >= 4 is 32.6 Å². The van der Waals surface area contributed by atoms with Crippen LogP contribution in [-0.4, -0.2) is 41.8 Å². The summed E-state index contributed by atoms with van der Waals surface area (Å²) in [6.45, 7) is -0.142. The average molecular weight is 559 g/mol. The monoisotopic (exact) mass is 558 g/mol. The van der Waals surface area contributed by atoms with Crippen LogP contribution in [0.1, 0.15) is 15.9 Å². The number of carbonyl (C=O) groups is 1. The molecule has 11 heteroatoms. The van der Waals surface area contributed by atoms with Gasteiger partial charge in [0.2, 0.25) is 0 Å². The van der Waals surface area contributed by atoms with Crippen molar-refractivity contribution in [3.63, 3.8) is 0 Å². The molecule has 4 N–H and O–H groups in total. The number of para-hydroxylation sites is 1. The van der Waals surface area contributed by atoms with E-state index in [0.29, 0.717) is 22.2 Å². The summed E-state index contributed by atoms with van der Waals surface area (Å²) in [7, 11) is -2.75. The fourth-order valence-electron chi connectivity index (χ4n) is 4.30. The van der Waals surface area contributed by atoms with Gasteiger partial charge in [0.05, 0.1) is 29.8 Å². The largest absolute Gasteiger partial charge is 0.497 e. The lowest BCUT2D eigenvalue weighted by Crippen LogP contribution is -2.32. The Kier molecular flexibility index (Phi) is 8.70. The number of carboxylic acids is 1. The van der Waals surface area contributed by atoms with E-state index in [4.69, 9.17) is 9.94 Å². The van der Waals surface area contributed by atoms with Crippen LogP contribution in [0.2, 0.25) is 0 Å². The molecule has 3 aromatic carbocycles. The van der Waals surface area contributed by atoms with Crippen molar-refractivity contribution in [3.8, 4) is 16.9 Å². The third kappa shape index (κ3) is 5.61. The van der Waals surface area contributed by atoms with E-state index in [1.807, 2.05) is 36.4 Å². The van der Waals surface area contributed by atoms with Crippen molar-refractivity contribution in [2.45, 2.75) is 11.4 Å². The first kappa shape index (κ1) is 28.2. The molecule has 0 saturated carbocycles. The highest BCUT2D eigenvalue weighted by Gasteiger charge is 2.31. The lowest BCUT2D eigenvalue weighted by molar-refractivity contribution is 0.0697. The quantitative estimate of drug-likeness (QED) is 0.229. The normalized spacial score (nSPS) is 10.9. The number of methoxy groups -OCH3 is 1. The molecule has 0 atom stereocenters. The minimum absolute atomic E-state index is 0.0114. The maximum Gasteiger partial charge on any atom is 0.339 e. The zero-order valence-corrected chi connectivity index (χ0v) is 22.2. The number of benzene rings is 3. The van der Waals surface area contributed by atoms with E-state index >= 15 is 0 Å². The van der Waals surface area contributed by atoms with Crippen LogP contribution in [0.3, 0.4) is 0 Å². The SMILES string of the molecule is COc1ccc(S(=O)(=O)N(Cc2cccnc2)c2c(C(=O)O)cnc3c(-c4ccccc4)cccc23)cc1.NO. The molecule has 2 heterocycles. The van der Waals surface area contributed by atoms with E-state index in [9.17, 15) is 18.3 Å². The molecule has 0 unspecified atom stereocenters. The molecule has 0 aliphatic rings. The number of hydrogen-bond donors (Lipinski definition) is 3. The second-order valence-electron chi connectivity index (χ2n) is 8.44. The third-order valence-corrected chi connectivity index (χ3v) is 7.89. The number of aromatic nitrogens is 2. The maximum absolute atomic E-state index is 14.2. The molecule has 0 aliphatic carbocycles. The van der Waals surface area contributed by atoms with Crippen LogP contribution in [0.5, 0.6) is 5.75 Å². The second-order valence-corrected chi connectivity index (χ2v) is 10.3. The summed E-state index contributed by atoms with van der Waals surface area (Å²) in [4.78, 5) is 21.0. The Morgan fingerprint density at radius 1 is 0.925 bits per heavy atom. The van der Waals surface area contributed by atoms with E-state index in [0.717, 1.165) is 15.4 Å². The van der Waals surface area contributed by atoms with Gasteiger partial charge in [-0.2, -0.15) is 0 Å². The van der Waals surface area contributed by atoms with Gasteiger partial charge in [0.15, 0.2) is 0 Å². The van der Waals surface area contributed by atoms with Crippen LogP contribution < -0.4 is 14.9 Å². The number of carboxylic acid groups (broad SMARTS) is 1. The average Bonchev–Trinajstić information content (AvgIpc) is 3.01. The van der Waals surface area contributed by atoms with Crippen LogP contribution in [0, 0.1) is 0 Å². The summed E-state index contributed by atoms with van der Waals surface area (Å²) in [5, 5.41) is 17.0. The first-order valence-electron chi connectivity index (χ1n) is 11.9. The second kappa shape index (κ2) is 12.3. The Morgan fingerprint density at radius 2 is 1.65 bits per heavy atom. The topological polar surface area (TPSA) is 156 Å². The molecule has 5 aromatic rings. The van der Waals surface area contributed by atoms with Crippen molar-refractivity contribution in [1.29, 1.82) is 0 Å². The molecule has 0 amide bonds. The van der Waals surface area contributed by atoms with Gasteiger partial charge in [-0.3, -0.25) is 14.3 Å². The van der Waals surface area contributed by atoms with Crippen LogP contribution in [0.25, 0.3) is 22.0 Å². The summed E-state index contributed by atoms with van der Waals surface area (Å²) < 4.78 is 34.6. The van der Waals surface area contributed by atoms with Crippen LogP contribution in [-0.2, 0) is 16.6 Å². The molecular formula is C29H26N4O6S. The predicted molar refractivity (Wildman–Crippen MR) is 151 cm³/mol. The molecule has 0 aliphatic heterocycles. The highest BCUT2D eigenvalue weighted by molar-refractivity contribution is 7.92. The van der Waals surface area contributed by atoms with Crippen molar-refractivity contribution in [2.75, 3.05) is 11.4 Å². The van der Waals surface area contributed by atoms with Gasteiger partial charge in [0, 0.05) is 29.5 Å². The predicted octanol–water partition coefficient (Wildman–Crippen LogP) is 4.73. The van der Waals surface area contributed by atoms with Gasteiger partial charge < -0.3 is 15.1 Å². The van der Waals surface area contributed by atoms with Crippen LogP contribution in [0.4, 0.5) is 5.69 Å². The van der Waals surface area contributed by atoms with Crippen molar-refractivity contribution in [1.82, 2.24) is 9.97 Å². The van der Waals surface area contributed by atoms with Gasteiger partial charge in [-0.25, -0.2) is 19.1 Å². The summed E-state index contributed by atoms with van der Waals surface area (Å²) >= 11 is 0. The van der Waals surface area contributed by atoms with E-state index in [1.54, 1.807) is 48.8 Å². The number of aromatic carboxylic acids is 1. The van der Waals surface area contributed by atoms with E-state index < -0.39 is 16.0 Å². The molecule has 0 bridgehead atoms. The number of nitrogens with zero attached hydrogens (tertiary/aromatic N) is 3. The van der Waals surface area contributed by atoms with Gasteiger partial charge in [-0.05, 0) is 41.5 Å². The van der Waals surface area contributed by atoms with Crippen molar-refractivity contribution in [2.24, 2.45) is 5.90 Å². The fraction of sp³-hybridized carbons (Fsp3) is 0.0690. The summed E-state index contributed by atoms with van der Waals surface area (Å²) in [6, 6.07) is 24.3. The molecule has 40 heavy (non-hydrogen) atoms. The number of hydrogen-bond acceptors (Lipinski definition) is 8. The lowest BCUT2D eigenvalue weighted by Gasteiger charge is -2.27. The Balaban J connectivity index is 0.00000181. The highest BCUT2D eigenvalue weighted by Crippen LogP contribution is 2.38. The zero-order valence-electron chi connectivity index (χ0n) is 21.4. The molecule has 0 spiro atoms. The number of sulfonamides is 1. The van der Waals surface area contributed by atoms with Crippen molar-refractivity contribution in [3.05, 3.63) is 115 Å². The Hall–Kier alpha value is -4.84. The van der Waals surface area contributed by atoms with E-state index in [2.05, 4.69) is 15.9 Å². The molecule has 0 saturated heterocycles. The number of rotatable bonds is 8. The minimum Gasteiger partial charge on any atom is -0.497 e. The Labute approximate surface area is 231 Å². The maximum atomic E-state index is 14.2. The van der Waals surface area contributed by atoms with Crippen LogP contribution in [0.15, 0.2) is 108 Å². The number of ether oxygens (including phenoxy) is 1. The molecule has 10 nitrogen and oxygen atoms in total.